The Morgan fingerprint density at radius 3 is 2.29 bits per heavy atom. The van der Waals surface area contributed by atoms with E-state index in [9.17, 15) is 9.59 Å². The second-order valence-electron chi connectivity index (χ2n) is 7.28. The van der Waals surface area contributed by atoms with E-state index < -0.39 is 0 Å². The van der Waals surface area contributed by atoms with Gasteiger partial charge in [-0.15, -0.1) is 0 Å². The van der Waals surface area contributed by atoms with Gasteiger partial charge in [-0.3, -0.25) is 9.59 Å². The van der Waals surface area contributed by atoms with Crippen molar-refractivity contribution in [2.24, 2.45) is 0 Å². The van der Waals surface area contributed by atoms with E-state index >= 15 is 0 Å². The first kappa shape index (κ1) is 19.9. The lowest BCUT2D eigenvalue weighted by Crippen LogP contribution is -2.50. The monoisotopic (exact) mass is 380 g/mol. The molecule has 28 heavy (non-hydrogen) atoms. The van der Waals surface area contributed by atoms with Gasteiger partial charge >= 0.3 is 0 Å². The van der Waals surface area contributed by atoms with Crippen LogP contribution in [0.5, 0.6) is 5.75 Å². The van der Waals surface area contributed by atoms with E-state index in [0.717, 1.165) is 22.4 Å². The number of nitrogens with zero attached hydrogens (tertiary/aromatic N) is 2. The second kappa shape index (κ2) is 8.91. The van der Waals surface area contributed by atoms with E-state index in [-0.39, 0.29) is 11.8 Å². The Labute approximate surface area is 166 Å². The second-order valence-corrected chi connectivity index (χ2v) is 7.28. The highest BCUT2D eigenvalue weighted by Gasteiger charge is 2.25. The van der Waals surface area contributed by atoms with Gasteiger partial charge in [-0.05, 0) is 55.2 Å². The molecule has 1 aliphatic heterocycles. The molecule has 0 N–H and O–H groups in total. The van der Waals surface area contributed by atoms with Crippen molar-refractivity contribution in [1.82, 2.24) is 9.80 Å². The summed E-state index contributed by atoms with van der Waals surface area (Å²) in [5.41, 5.74) is 4.07. The molecule has 5 nitrogen and oxygen atoms in total. The zero-order chi connectivity index (χ0) is 20.1. The van der Waals surface area contributed by atoms with Gasteiger partial charge in [0.05, 0.1) is 7.11 Å². The smallest absolute Gasteiger partial charge is 0.253 e. The van der Waals surface area contributed by atoms with E-state index in [2.05, 4.69) is 0 Å². The van der Waals surface area contributed by atoms with E-state index in [1.807, 2.05) is 66.1 Å². The van der Waals surface area contributed by atoms with Crippen LogP contribution in [0.4, 0.5) is 0 Å². The molecule has 1 aliphatic rings. The Morgan fingerprint density at radius 1 is 0.929 bits per heavy atom. The van der Waals surface area contributed by atoms with E-state index in [1.54, 1.807) is 7.11 Å². The predicted octanol–water partition coefficient (Wildman–Crippen LogP) is 3.23. The third-order valence-electron chi connectivity index (χ3n) is 5.47. The molecule has 2 aromatic carbocycles. The highest BCUT2D eigenvalue weighted by molar-refractivity contribution is 5.94. The summed E-state index contributed by atoms with van der Waals surface area (Å²) in [6.07, 6.45) is 1.11. The largest absolute Gasteiger partial charge is 0.496 e. The third kappa shape index (κ3) is 4.53. The predicted molar refractivity (Wildman–Crippen MR) is 110 cm³/mol. The molecule has 1 saturated heterocycles. The van der Waals surface area contributed by atoms with Crippen LogP contribution in [0.2, 0.25) is 0 Å². The summed E-state index contributed by atoms with van der Waals surface area (Å²) in [4.78, 5) is 29.0. The van der Waals surface area contributed by atoms with E-state index in [4.69, 9.17) is 4.74 Å². The number of hydrogen-bond acceptors (Lipinski definition) is 3. The van der Waals surface area contributed by atoms with Crippen molar-refractivity contribution in [3.8, 4) is 5.75 Å². The number of ether oxygens (including phenoxy) is 1. The van der Waals surface area contributed by atoms with Crippen LogP contribution in [0.15, 0.2) is 42.5 Å². The van der Waals surface area contributed by atoms with Crippen LogP contribution in [0.1, 0.15) is 33.5 Å². The average molecular weight is 380 g/mol. The molecular weight excluding hydrogens is 352 g/mol. The van der Waals surface area contributed by atoms with Crippen molar-refractivity contribution >= 4 is 11.8 Å². The molecular formula is C23H28N2O3. The third-order valence-corrected chi connectivity index (χ3v) is 5.47. The first-order valence-corrected chi connectivity index (χ1v) is 9.76. The lowest BCUT2D eigenvalue weighted by Gasteiger charge is -2.35. The van der Waals surface area contributed by atoms with Gasteiger partial charge in [0.1, 0.15) is 5.75 Å². The van der Waals surface area contributed by atoms with Crippen molar-refractivity contribution in [1.29, 1.82) is 0 Å². The number of carbonyl (C=O) groups excluding carboxylic acids is 2. The quantitative estimate of drug-likeness (QED) is 0.800. The topological polar surface area (TPSA) is 49.9 Å². The normalized spacial score (nSPS) is 14.1. The van der Waals surface area contributed by atoms with Crippen LogP contribution in [0.3, 0.4) is 0 Å². The van der Waals surface area contributed by atoms with Crippen LogP contribution in [-0.2, 0) is 11.2 Å². The van der Waals surface area contributed by atoms with Gasteiger partial charge in [-0.1, -0.05) is 24.3 Å². The lowest BCUT2D eigenvalue weighted by atomic mass is 10.1. The SMILES string of the molecule is COc1ccccc1CCC(=O)N1CCN(C(=O)c2ccc(C)c(C)c2)CC1. The minimum Gasteiger partial charge on any atom is -0.496 e. The summed E-state index contributed by atoms with van der Waals surface area (Å²) < 4.78 is 5.35. The van der Waals surface area contributed by atoms with Gasteiger partial charge in [-0.25, -0.2) is 0 Å². The van der Waals surface area contributed by atoms with Crippen molar-refractivity contribution in [2.45, 2.75) is 26.7 Å². The molecule has 0 bridgehead atoms. The molecule has 0 atom stereocenters. The van der Waals surface area contributed by atoms with Crippen molar-refractivity contribution < 1.29 is 14.3 Å². The Kier molecular flexibility index (Phi) is 6.34. The number of para-hydroxylation sites is 1. The van der Waals surface area contributed by atoms with Gasteiger partial charge in [0, 0.05) is 38.2 Å². The molecule has 3 rings (SSSR count). The molecule has 2 aromatic rings. The summed E-state index contributed by atoms with van der Waals surface area (Å²) >= 11 is 0. The maximum atomic E-state index is 12.7. The Bertz CT molecular complexity index is 855. The van der Waals surface area contributed by atoms with Crippen molar-refractivity contribution in [2.75, 3.05) is 33.3 Å². The van der Waals surface area contributed by atoms with Crippen LogP contribution in [0.25, 0.3) is 0 Å². The molecule has 0 aliphatic carbocycles. The van der Waals surface area contributed by atoms with Gasteiger partial charge in [0.25, 0.3) is 5.91 Å². The molecule has 0 unspecified atom stereocenters. The zero-order valence-electron chi connectivity index (χ0n) is 16.9. The molecule has 0 radical (unpaired) electrons. The number of piperazine rings is 1. The number of aryl methyl sites for hydroxylation is 3. The Morgan fingerprint density at radius 2 is 1.61 bits per heavy atom. The van der Waals surface area contributed by atoms with Crippen LogP contribution in [-0.4, -0.2) is 54.9 Å². The molecule has 148 valence electrons. The van der Waals surface area contributed by atoms with Crippen LogP contribution < -0.4 is 4.74 Å². The Balaban J connectivity index is 1.52. The molecule has 0 saturated carbocycles. The fourth-order valence-electron chi connectivity index (χ4n) is 3.53. The molecule has 0 aromatic heterocycles. The fourth-order valence-corrected chi connectivity index (χ4v) is 3.53. The highest BCUT2D eigenvalue weighted by Crippen LogP contribution is 2.20. The number of benzene rings is 2. The highest BCUT2D eigenvalue weighted by atomic mass is 16.5. The summed E-state index contributed by atoms with van der Waals surface area (Å²) in [7, 11) is 1.65. The van der Waals surface area contributed by atoms with Gasteiger partial charge in [0.2, 0.25) is 5.91 Å². The van der Waals surface area contributed by atoms with Gasteiger partial charge in [-0.2, -0.15) is 0 Å². The maximum Gasteiger partial charge on any atom is 0.253 e. The number of rotatable bonds is 5. The van der Waals surface area contributed by atoms with Gasteiger partial charge in [0.15, 0.2) is 0 Å². The molecule has 5 heteroatoms. The maximum absolute atomic E-state index is 12.7. The summed E-state index contributed by atoms with van der Waals surface area (Å²) in [6, 6.07) is 13.6. The molecule has 0 spiro atoms. The first-order valence-electron chi connectivity index (χ1n) is 9.76. The van der Waals surface area contributed by atoms with Crippen LogP contribution in [0, 0.1) is 13.8 Å². The summed E-state index contributed by atoms with van der Waals surface area (Å²) in [5, 5.41) is 0. The number of amides is 2. The van der Waals surface area contributed by atoms with Gasteiger partial charge < -0.3 is 14.5 Å². The minimum atomic E-state index is 0.0456. The lowest BCUT2D eigenvalue weighted by molar-refractivity contribution is -0.132. The molecule has 1 fully saturated rings. The fraction of sp³-hybridized carbons (Fsp3) is 0.391. The zero-order valence-corrected chi connectivity index (χ0v) is 16.9. The number of hydrogen-bond donors (Lipinski definition) is 0. The molecule has 1 heterocycles. The number of methoxy groups -OCH3 is 1. The summed E-state index contributed by atoms with van der Waals surface area (Å²) in [5.74, 6) is 0.993. The first-order chi connectivity index (χ1) is 13.5. The van der Waals surface area contributed by atoms with Crippen molar-refractivity contribution in [3.05, 3.63) is 64.7 Å². The average Bonchev–Trinajstić information content (AvgIpc) is 2.73. The summed E-state index contributed by atoms with van der Waals surface area (Å²) in [6.45, 7) is 6.38. The standard InChI is InChI=1S/C23H28N2O3/c1-17-8-9-20(16-18(17)2)23(27)25-14-12-24(13-15-25)22(26)11-10-19-6-4-5-7-21(19)28-3/h4-9,16H,10-15H2,1-3H3. The Hall–Kier alpha value is -2.82. The van der Waals surface area contributed by atoms with Crippen LogP contribution >= 0.6 is 0 Å². The van der Waals surface area contributed by atoms with E-state index in [1.165, 1.54) is 5.56 Å². The van der Waals surface area contributed by atoms with Crippen molar-refractivity contribution in [3.63, 3.8) is 0 Å². The minimum absolute atomic E-state index is 0.0456. The molecule has 2 amide bonds. The number of carbonyl (C=O) groups is 2. The van der Waals surface area contributed by atoms with E-state index in [0.29, 0.717) is 39.0 Å².